The SMILES string of the molecule is O=COCCOCCOCCOCCCC(=O)CCCCCCCNC(=O)CCOCCCOCCC(=O)NCCCCCCCC(=O)CCCOCCOCCOCCOC=O. The fourth-order valence-electron chi connectivity index (χ4n) is 5.77. The zero-order valence-electron chi connectivity index (χ0n) is 38.3. The maximum absolute atomic E-state index is 12.1. The molecule has 2 amide bonds. The van der Waals surface area contributed by atoms with E-state index in [0.717, 1.165) is 64.2 Å². The lowest BCUT2D eigenvalue weighted by molar-refractivity contribution is -0.131. The van der Waals surface area contributed by atoms with Gasteiger partial charge in [-0.2, -0.15) is 0 Å². The largest absolute Gasteiger partial charge is 0.465 e. The van der Waals surface area contributed by atoms with Crippen LogP contribution in [0.1, 0.15) is 122 Å². The quantitative estimate of drug-likeness (QED) is 0.0644. The summed E-state index contributed by atoms with van der Waals surface area (Å²) in [7, 11) is 0. The molecule has 0 aromatic carbocycles. The normalized spacial score (nSPS) is 11.0. The van der Waals surface area contributed by atoms with E-state index in [9.17, 15) is 28.8 Å². The Morgan fingerprint density at radius 2 is 0.571 bits per heavy atom. The molecule has 0 aliphatic heterocycles. The van der Waals surface area contributed by atoms with E-state index in [1.165, 1.54) is 0 Å². The van der Waals surface area contributed by atoms with Crippen molar-refractivity contribution in [3.8, 4) is 0 Å². The van der Waals surface area contributed by atoms with Crippen LogP contribution in [0.2, 0.25) is 0 Å². The van der Waals surface area contributed by atoms with Crippen molar-refractivity contribution >= 4 is 36.3 Å². The predicted octanol–water partition coefficient (Wildman–Crippen LogP) is 4.25. The maximum atomic E-state index is 12.1. The lowest BCUT2D eigenvalue weighted by Gasteiger charge is -2.08. The molecule has 0 saturated carbocycles. The van der Waals surface area contributed by atoms with Gasteiger partial charge in [0, 0.05) is 78.0 Å². The first-order valence-electron chi connectivity index (χ1n) is 23.3. The Kier molecular flexibility index (Phi) is 49.0. The standard InChI is InChI=1S/C45H82N2O16/c48-40-62-38-36-60-34-32-58-30-28-56-22-11-16-42(50)14-7-3-1-5-9-20-46-44(52)18-26-54-24-13-25-55-27-19-45(53)47-21-10-6-2-4-8-15-43(51)17-12-23-57-29-31-59-33-35-61-37-39-63-41-49/h40-41H,1-39H2,(H,46,52)(H,47,53). The zero-order valence-corrected chi connectivity index (χ0v) is 38.3. The lowest BCUT2D eigenvalue weighted by atomic mass is 10.1. The van der Waals surface area contributed by atoms with Gasteiger partial charge in [-0.15, -0.1) is 0 Å². The van der Waals surface area contributed by atoms with Gasteiger partial charge in [-0.1, -0.05) is 38.5 Å². The van der Waals surface area contributed by atoms with Crippen molar-refractivity contribution in [2.75, 3.05) is 132 Å². The lowest BCUT2D eigenvalue weighted by Crippen LogP contribution is -2.25. The molecule has 18 heteroatoms. The van der Waals surface area contributed by atoms with E-state index in [4.69, 9.17) is 37.9 Å². The summed E-state index contributed by atoms with van der Waals surface area (Å²) in [6.07, 6.45) is 14.7. The number of ether oxygens (including phenoxy) is 10. The van der Waals surface area contributed by atoms with Gasteiger partial charge >= 0.3 is 0 Å². The Balaban J connectivity index is 3.34. The molecule has 0 spiro atoms. The molecule has 0 fully saturated rings. The van der Waals surface area contributed by atoms with E-state index in [1.807, 2.05) is 0 Å². The van der Waals surface area contributed by atoms with E-state index in [1.54, 1.807) is 0 Å². The molecule has 0 aromatic rings. The van der Waals surface area contributed by atoms with Crippen LogP contribution in [-0.4, -0.2) is 168 Å². The number of carbonyl (C=O) groups is 6. The Bertz CT molecular complexity index is 990. The van der Waals surface area contributed by atoms with Crippen LogP contribution in [0, 0.1) is 0 Å². The molecule has 0 aromatic heterocycles. The maximum Gasteiger partial charge on any atom is 0.293 e. The third kappa shape index (κ3) is 51.4. The first-order valence-corrected chi connectivity index (χ1v) is 23.3. The molecule has 0 heterocycles. The molecule has 0 unspecified atom stereocenters. The molecule has 0 saturated heterocycles. The van der Waals surface area contributed by atoms with Gasteiger partial charge in [-0.3, -0.25) is 28.8 Å². The number of nitrogens with one attached hydrogen (secondary N) is 2. The average molecular weight is 907 g/mol. The Labute approximate surface area is 376 Å². The second kappa shape index (κ2) is 51.5. The summed E-state index contributed by atoms with van der Waals surface area (Å²) in [5.74, 6) is 0.485. The molecule has 18 nitrogen and oxygen atoms in total. The minimum atomic E-state index is -0.0236. The summed E-state index contributed by atoms with van der Waals surface area (Å²) >= 11 is 0. The van der Waals surface area contributed by atoms with Crippen molar-refractivity contribution in [2.24, 2.45) is 0 Å². The van der Waals surface area contributed by atoms with E-state index < -0.39 is 0 Å². The van der Waals surface area contributed by atoms with Crippen LogP contribution in [0.3, 0.4) is 0 Å². The van der Waals surface area contributed by atoms with Crippen LogP contribution in [0.5, 0.6) is 0 Å². The average Bonchev–Trinajstić information content (AvgIpc) is 3.28. The summed E-state index contributed by atoms with van der Waals surface area (Å²) in [4.78, 5) is 68.3. The number of hydrogen-bond acceptors (Lipinski definition) is 16. The molecule has 368 valence electrons. The second-order valence-electron chi connectivity index (χ2n) is 14.7. The molecule has 0 radical (unpaired) electrons. The number of amides is 2. The Morgan fingerprint density at radius 1 is 0.286 bits per heavy atom. The molecule has 2 N–H and O–H groups in total. The topological polar surface area (TPSA) is 219 Å². The van der Waals surface area contributed by atoms with E-state index in [0.29, 0.717) is 190 Å². The van der Waals surface area contributed by atoms with Crippen LogP contribution in [0.15, 0.2) is 0 Å². The number of carbonyl (C=O) groups excluding carboxylic acids is 6. The van der Waals surface area contributed by atoms with Crippen LogP contribution >= 0.6 is 0 Å². The van der Waals surface area contributed by atoms with Crippen molar-refractivity contribution < 1.29 is 76.1 Å². The summed E-state index contributed by atoms with van der Waals surface area (Å²) in [6.45, 7) is 9.59. The number of unbranched alkanes of at least 4 members (excludes halogenated alkanes) is 8. The number of Topliss-reactive ketones (excluding diaryl/α,β-unsaturated/α-hetero) is 2. The monoisotopic (exact) mass is 907 g/mol. The molecular weight excluding hydrogens is 824 g/mol. The first kappa shape index (κ1) is 59.9. The Morgan fingerprint density at radius 3 is 0.952 bits per heavy atom. The fourth-order valence-corrected chi connectivity index (χ4v) is 5.77. The van der Waals surface area contributed by atoms with E-state index in [2.05, 4.69) is 20.1 Å². The second-order valence-corrected chi connectivity index (χ2v) is 14.7. The van der Waals surface area contributed by atoms with Gasteiger partial charge in [0.15, 0.2) is 0 Å². The number of rotatable bonds is 54. The summed E-state index contributed by atoms with van der Waals surface area (Å²) < 4.78 is 52.3. The van der Waals surface area contributed by atoms with Gasteiger partial charge in [0.1, 0.15) is 24.8 Å². The highest BCUT2D eigenvalue weighted by Crippen LogP contribution is 2.09. The van der Waals surface area contributed by atoms with E-state index >= 15 is 0 Å². The van der Waals surface area contributed by atoms with Gasteiger partial charge in [-0.25, -0.2) is 0 Å². The number of hydrogen-bond donors (Lipinski definition) is 2. The highest BCUT2D eigenvalue weighted by molar-refractivity contribution is 5.78. The van der Waals surface area contributed by atoms with Gasteiger partial charge in [0.2, 0.25) is 11.8 Å². The highest BCUT2D eigenvalue weighted by Gasteiger charge is 2.06. The molecular formula is C45H82N2O16. The van der Waals surface area contributed by atoms with Gasteiger partial charge in [-0.05, 0) is 44.9 Å². The minimum absolute atomic E-state index is 0.0236. The molecule has 0 bridgehead atoms. The van der Waals surface area contributed by atoms with E-state index in [-0.39, 0.29) is 36.6 Å². The van der Waals surface area contributed by atoms with Crippen molar-refractivity contribution in [3.05, 3.63) is 0 Å². The third-order valence-electron chi connectivity index (χ3n) is 9.24. The zero-order chi connectivity index (χ0) is 45.8. The van der Waals surface area contributed by atoms with Crippen LogP contribution in [0.25, 0.3) is 0 Å². The molecule has 0 atom stereocenters. The Hall–Kier alpha value is -3.10. The summed E-state index contributed by atoms with van der Waals surface area (Å²) in [5.41, 5.74) is 0. The molecule has 0 aliphatic rings. The minimum Gasteiger partial charge on any atom is -0.465 e. The fraction of sp³-hybridized carbons (Fsp3) is 0.867. The molecule has 0 rings (SSSR count). The summed E-state index contributed by atoms with van der Waals surface area (Å²) in [6, 6.07) is 0. The predicted molar refractivity (Wildman–Crippen MR) is 234 cm³/mol. The number of ketones is 2. The van der Waals surface area contributed by atoms with Crippen molar-refractivity contribution in [2.45, 2.75) is 122 Å². The molecule has 63 heavy (non-hydrogen) atoms. The van der Waals surface area contributed by atoms with Crippen molar-refractivity contribution in [1.29, 1.82) is 0 Å². The van der Waals surface area contributed by atoms with Crippen molar-refractivity contribution in [3.63, 3.8) is 0 Å². The van der Waals surface area contributed by atoms with Gasteiger partial charge in [0.05, 0.1) is 79.3 Å². The van der Waals surface area contributed by atoms with Crippen LogP contribution in [0.4, 0.5) is 0 Å². The van der Waals surface area contributed by atoms with Crippen molar-refractivity contribution in [1.82, 2.24) is 10.6 Å². The summed E-state index contributed by atoms with van der Waals surface area (Å²) in [5, 5.41) is 5.86. The van der Waals surface area contributed by atoms with Gasteiger partial charge in [0.25, 0.3) is 12.9 Å². The van der Waals surface area contributed by atoms with Crippen LogP contribution in [-0.2, 0) is 76.1 Å². The smallest absolute Gasteiger partial charge is 0.293 e. The van der Waals surface area contributed by atoms with Gasteiger partial charge < -0.3 is 58.0 Å². The highest BCUT2D eigenvalue weighted by atomic mass is 16.6. The molecule has 0 aliphatic carbocycles. The third-order valence-corrected chi connectivity index (χ3v) is 9.24. The van der Waals surface area contributed by atoms with Crippen LogP contribution < -0.4 is 10.6 Å². The first-order chi connectivity index (χ1) is 31.0.